The number of nitrogens with one attached hydrogen (secondary N) is 3. The highest BCUT2D eigenvalue weighted by atomic mass is 16.2. The lowest BCUT2D eigenvalue weighted by atomic mass is 9.97. The van der Waals surface area contributed by atoms with Crippen molar-refractivity contribution in [3.05, 3.63) is 0 Å². The molecule has 1 aliphatic rings. The van der Waals surface area contributed by atoms with E-state index < -0.39 is 0 Å². The molecule has 0 aromatic carbocycles. The van der Waals surface area contributed by atoms with Crippen LogP contribution < -0.4 is 16.0 Å². The summed E-state index contributed by atoms with van der Waals surface area (Å²) in [6, 6.07) is 0.406. The molecule has 4 nitrogen and oxygen atoms in total. The van der Waals surface area contributed by atoms with Crippen LogP contribution in [0.15, 0.2) is 0 Å². The lowest BCUT2D eigenvalue weighted by Gasteiger charge is -2.19. The van der Waals surface area contributed by atoms with E-state index in [9.17, 15) is 4.79 Å². The zero-order valence-corrected chi connectivity index (χ0v) is 10.0. The van der Waals surface area contributed by atoms with Crippen LogP contribution in [0, 0.1) is 5.41 Å². The molecule has 2 amide bonds. The Kier molecular flexibility index (Phi) is 4.39. The van der Waals surface area contributed by atoms with Crippen molar-refractivity contribution in [3.63, 3.8) is 0 Å². The topological polar surface area (TPSA) is 53.2 Å². The SMILES string of the molecule is CC(C)(C)CNC(=O)NCC1CCCN1. The summed E-state index contributed by atoms with van der Waals surface area (Å²) in [7, 11) is 0. The molecule has 0 radical (unpaired) electrons. The maximum Gasteiger partial charge on any atom is 0.314 e. The number of hydrogen-bond donors (Lipinski definition) is 3. The molecule has 1 aliphatic heterocycles. The van der Waals surface area contributed by atoms with Crippen LogP contribution in [0.1, 0.15) is 33.6 Å². The van der Waals surface area contributed by atoms with Crippen molar-refractivity contribution in [2.45, 2.75) is 39.7 Å². The molecule has 1 heterocycles. The summed E-state index contributed by atoms with van der Waals surface area (Å²) in [5.41, 5.74) is 0.142. The van der Waals surface area contributed by atoms with Crippen LogP contribution in [0.4, 0.5) is 4.79 Å². The third-order valence-corrected chi connectivity index (χ3v) is 2.45. The Morgan fingerprint density at radius 2 is 2.13 bits per heavy atom. The third-order valence-electron chi connectivity index (χ3n) is 2.45. The standard InChI is InChI=1S/C11H23N3O/c1-11(2,3)8-14-10(15)13-7-9-5-4-6-12-9/h9,12H,4-8H2,1-3H3,(H2,13,14,15). The van der Waals surface area contributed by atoms with E-state index in [2.05, 4.69) is 36.7 Å². The van der Waals surface area contributed by atoms with Crippen LogP contribution in [0.25, 0.3) is 0 Å². The van der Waals surface area contributed by atoms with Crippen molar-refractivity contribution in [2.75, 3.05) is 19.6 Å². The van der Waals surface area contributed by atoms with Gasteiger partial charge in [-0.15, -0.1) is 0 Å². The predicted molar refractivity (Wildman–Crippen MR) is 61.9 cm³/mol. The lowest BCUT2D eigenvalue weighted by molar-refractivity contribution is 0.234. The minimum atomic E-state index is -0.0568. The highest BCUT2D eigenvalue weighted by Crippen LogP contribution is 2.09. The Morgan fingerprint density at radius 1 is 1.40 bits per heavy atom. The van der Waals surface area contributed by atoms with E-state index in [0.717, 1.165) is 13.1 Å². The van der Waals surface area contributed by atoms with Crippen molar-refractivity contribution in [1.82, 2.24) is 16.0 Å². The van der Waals surface area contributed by atoms with Gasteiger partial charge in [-0.3, -0.25) is 0 Å². The highest BCUT2D eigenvalue weighted by molar-refractivity contribution is 5.73. The number of rotatable bonds is 3. The predicted octanol–water partition coefficient (Wildman–Crippen LogP) is 1.08. The van der Waals surface area contributed by atoms with Crippen molar-refractivity contribution >= 4 is 6.03 Å². The first-order valence-corrected chi connectivity index (χ1v) is 5.72. The Balaban J connectivity index is 2.08. The molecule has 1 atom stereocenters. The zero-order valence-electron chi connectivity index (χ0n) is 10.0. The third kappa shape index (κ3) is 5.62. The molecule has 1 unspecified atom stereocenters. The van der Waals surface area contributed by atoms with Gasteiger partial charge in [-0.1, -0.05) is 20.8 Å². The molecular formula is C11H23N3O. The Labute approximate surface area is 92.2 Å². The second-order valence-electron chi connectivity index (χ2n) is 5.42. The lowest BCUT2D eigenvalue weighted by Crippen LogP contribution is -2.44. The molecule has 1 saturated heterocycles. The van der Waals surface area contributed by atoms with Gasteiger partial charge in [-0.25, -0.2) is 4.79 Å². The minimum absolute atomic E-state index is 0.0568. The summed E-state index contributed by atoms with van der Waals surface area (Å²) >= 11 is 0. The first kappa shape index (κ1) is 12.3. The van der Waals surface area contributed by atoms with E-state index in [-0.39, 0.29) is 11.4 Å². The molecule has 88 valence electrons. The molecule has 0 aliphatic carbocycles. The second-order valence-corrected chi connectivity index (χ2v) is 5.42. The van der Waals surface area contributed by atoms with Crippen molar-refractivity contribution < 1.29 is 4.79 Å². The van der Waals surface area contributed by atoms with Gasteiger partial charge in [-0.2, -0.15) is 0 Å². The number of urea groups is 1. The normalized spacial score (nSPS) is 21.4. The van der Waals surface area contributed by atoms with E-state index in [1.54, 1.807) is 0 Å². The van der Waals surface area contributed by atoms with Gasteiger partial charge in [0.1, 0.15) is 0 Å². The van der Waals surface area contributed by atoms with Crippen molar-refractivity contribution in [1.29, 1.82) is 0 Å². The van der Waals surface area contributed by atoms with E-state index >= 15 is 0 Å². The summed E-state index contributed by atoms with van der Waals surface area (Å²) in [5.74, 6) is 0. The van der Waals surface area contributed by atoms with Gasteiger partial charge in [0.05, 0.1) is 0 Å². The van der Waals surface area contributed by atoms with Crippen LogP contribution in [-0.4, -0.2) is 31.7 Å². The number of hydrogen-bond acceptors (Lipinski definition) is 2. The monoisotopic (exact) mass is 213 g/mol. The fourth-order valence-corrected chi connectivity index (χ4v) is 1.55. The maximum absolute atomic E-state index is 11.4. The van der Waals surface area contributed by atoms with Crippen LogP contribution in [0.5, 0.6) is 0 Å². The van der Waals surface area contributed by atoms with Gasteiger partial charge in [0.2, 0.25) is 0 Å². The molecule has 3 N–H and O–H groups in total. The van der Waals surface area contributed by atoms with Crippen molar-refractivity contribution in [2.24, 2.45) is 5.41 Å². The number of carbonyl (C=O) groups is 1. The number of amides is 2. The van der Waals surface area contributed by atoms with Gasteiger partial charge < -0.3 is 16.0 Å². The Hall–Kier alpha value is -0.770. The van der Waals surface area contributed by atoms with Gasteiger partial charge >= 0.3 is 6.03 Å². The average molecular weight is 213 g/mol. The Bertz CT molecular complexity index is 204. The van der Waals surface area contributed by atoms with E-state index in [4.69, 9.17) is 0 Å². The zero-order chi connectivity index (χ0) is 11.3. The molecule has 15 heavy (non-hydrogen) atoms. The van der Waals surface area contributed by atoms with Crippen LogP contribution in [-0.2, 0) is 0 Å². The molecule has 4 heteroatoms. The van der Waals surface area contributed by atoms with Crippen LogP contribution >= 0.6 is 0 Å². The molecule has 0 aromatic rings. The molecule has 0 aromatic heterocycles. The molecule has 0 bridgehead atoms. The largest absolute Gasteiger partial charge is 0.338 e. The summed E-state index contributed by atoms with van der Waals surface area (Å²) in [6.45, 7) is 8.83. The number of carbonyl (C=O) groups excluding carboxylic acids is 1. The van der Waals surface area contributed by atoms with Gasteiger partial charge in [-0.05, 0) is 24.8 Å². The first-order chi connectivity index (χ1) is 6.97. The summed E-state index contributed by atoms with van der Waals surface area (Å²) in [6.07, 6.45) is 2.38. The molecule has 0 saturated carbocycles. The highest BCUT2D eigenvalue weighted by Gasteiger charge is 2.15. The molecule has 1 fully saturated rings. The van der Waals surface area contributed by atoms with Crippen molar-refractivity contribution in [3.8, 4) is 0 Å². The Morgan fingerprint density at radius 3 is 2.67 bits per heavy atom. The average Bonchev–Trinajstić information content (AvgIpc) is 2.62. The van der Waals surface area contributed by atoms with Crippen LogP contribution in [0.2, 0.25) is 0 Å². The summed E-state index contributed by atoms with van der Waals surface area (Å²) < 4.78 is 0. The fraction of sp³-hybridized carbons (Fsp3) is 0.909. The first-order valence-electron chi connectivity index (χ1n) is 5.72. The molecular weight excluding hydrogens is 190 g/mol. The summed E-state index contributed by atoms with van der Waals surface area (Å²) in [4.78, 5) is 11.4. The smallest absolute Gasteiger partial charge is 0.314 e. The van der Waals surface area contributed by atoms with Gasteiger partial charge in [0, 0.05) is 19.1 Å². The molecule has 1 rings (SSSR count). The maximum atomic E-state index is 11.4. The second kappa shape index (κ2) is 5.35. The van der Waals surface area contributed by atoms with Gasteiger partial charge in [0.15, 0.2) is 0 Å². The molecule has 0 spiro atoms. The quantitative estimate of drug-likeness (QED) is 0.657. The van der Waals surface area contributed by atoms with E-state index in [1.165, 1.54) is 12.8 Å². The minimum Gasteiger partial charge on any atom is -0.338 e. The van der Waals surface area contributed by atoms with Crippen LogP contribution in [0.3, 0.4) is 0 Å². The summed E-state index contributed by atoms with van der Waals surface area (Å²) in [5, 5.41) is 9.10. The fourth-order valence-electron chi connectivity index (χ4n) is 1.55. The van der Waals surface area contributed by atoms with Gasteiger partial charge in [0.25, 0.3) is 0 Å². The van der Waals surface area contributed by atoms with E-state index in [1.807, 2.05) is 0 Å². The van der Waals surface area contributed by atoms with E-state index in [0.29, 0.717) is 12.6 Å².